The van der Waals surface area contributed by atoms with Gasteiger partial charge in [0.05, 0.1) is 12.3 Å². The fraction of sp³-hybridized carbons (Fsp3) is 0.400. The van der Waals surface area contributed by atoms with Crippen LogP contribution in [0.15, 0.2) is 41.7 Å². The monoisotopic (exact) mass is 276 g/mol. The Morgan fingerprint density at radius 2 is 2.05 bits per heavy atom. The normalized spacial score (nSPS) is 12.6. The van der Waals surface area contributed by atoms with Gasteiger partial charge in [0.15, 0.2) is 5.16 Å². The lowest BCUT2D eigenvalue weighted by molar-refractivity contribution is 0.277. The Bertz CT molecular complexity index is 510. The SMILES string of the molecule is CC[C@H](C)Sc1nc(CO)cn1Cc1ccccc1. The maximum atomic E-state index is 9.25. The minimum Gasteiger partial charge on any atom is -0.390 e. The van der Waals surface area contributed by atoms with Crippen LogP contribution in [0.5, 0.6) is 0 Å². The molecule has 2 aromatic rings. The average molecular weight is 276 g/mol. The summed E-state index contributed by atoms with van der Waals surface area (Å²) in [6.07, 6.45) is 3.05. The zero-order valence-corrected chi connectivity index (χ0v) is 12.2. The van der Waals surface area contributed by atoms with Gasteiger partial charge < -0.3 is 9.67 Å². The lowest BCUT2D eigenvalue weighted by Crippen LogP contribution is -2.03. The number of nitrogens with zero attached hydrogens (tertiary/aromatic N) is 2. The smallest absolute Gasteiger partial charge is 0.168 e. The Balaban J connectivity index is 2.20. The molecule has 102 valence electrons. The summed E-state index contributed by atoms with van der Waals surface area (Å²) in [4.78, 5) is 4.49. The van der Waals surface area contributed by atoms with Crippen molar-refractivity contribution in [1.29, 1.82) is 0 Å². The van der Waals surface area contributed by atoms with Gasteiger partial charge in [0.1, 0.15) is 0 Å². The molecule has 3 nitrogen and oxygen atoms in total. The highest BCUT2D eigenvalue weighted by Crippen LogP contribution is 2.25. The van der Waals surface area contributed by atoms with Gasteiger partial charge >= 0.3 is 0 Å². The van der Waals surface area contributed by atoms with Crippen molar-refractivity contribution in [2.45, 2.75) is 43.8 Å². The first-order valence-corrected chi connectivity index (χ1v) is 7.48. The van der Waals surface area contributed by atoms with Crippen LogP contribution in [0.25, 0.3) is 0 Å². The van der Waals surface area contributed by atoms with Crippen molar-refractivity contribution in [3.8, 4) is 0 Å². The van der Waals surface area contributed by atoms with Crippen molar-refractivity contribution in [3.63, 3.8) is 0 Å². The van der Waals surface area contributed by atoms with Gasteiger partial charge in [-0.3, -0.25) is 0 Å². The first-order valence-electron chi connectivity index (χ1n) is 6.60. The summed E-state index contributed by atoms with van der Waals surface area (Å²) in [5, 5.41) is 10.8. The predicted octanol–water partition coefficient (Wildman–Crippen LogP) is 3.31. The third-order valence-corrected chi connectivity index (χ3v) is 4.30. The Morgan fingerprint density at radius 3 is 2.68 bits per heavy atom. The Kier molecular flexibility index (Phi) is 5.05. The second-order valence-electron chi connectivity index (χ2n) is 4.62. The third-order valence-electron chi connectivity index (χ3n) is 3.03. The van der Waals surface area contributed by atoms with Gasteiger partial charge in [0, 0.05) is 18.0 Å². The van der Waals surface area contributed by atoms with E-state index in [1.807, 2.05) is 24.4 Å². The van der Waals surface area contributed by atoms with E-state index in [4.69, 9.17) is 0 Å². The minimum atomic E-state index is -0.00411. The molecular weight excluding hydrogens is 256 g/mol. The molecule has 0 radical (unpaired) electrons. The maximum absolute atomic E-state index is 9.25. The van der Waals surface area contributed by atoms with E-state index < -0.39 is 0 Å². The molecule has 0 saturated carbocycles. The molecule has 0 aliphatic heterocycles. The highest BCUT2D eigenvalue weighted by Gasteiger charge is 2.11. The van der Waals surface area contributed by atoms with Crippen molar-refractivity contribution >= 4 is 11.8 Å². The molecule has 1 heterocycles. The topological polar surface area (TPSA) is 38.1 Å². The van der Waals surface area contributed by atoms with Gasteiger partial charge in [0.2, 0.25) is 0 Å². The molecule has 19 heavy (non-hydrogen) atoms. The van der Waals surface area contributed by atoms with Crippen LogP contribution < -0.4 is 0 Å². The molecule has 1 aromatic heterocycles. The molecule has 0 fully saturated rings. The number of rotatable bonds is 6. The molecule has 0 amide bonds. The highest BCUT2D eigenvalue weighted by atomic mass is 32.2. The second-order valence-corrected chi connectivity index (χ2v) is 6.03. The van der Waals surface area contributed by atoms with E-state index in [0.29, 0.717) is 5.25 Å². The van der Waals surface area contributed by atoms with Crippen molar-refractivity contribution in [2.24, 2.45) is 0 Å². The van der Waals surface area contributed by atoms with E-state index >= 15 is 0 Å². The zero-order valence-electron chi connectivity index (χ0n) is 11.4. The van der Waals surface area contributed by atoms with Gasteiger partial charge in [-0.05, 0) is 12.0 Å². The van der Waals surface area contributed by atoms with Crippen LogP contribution in [0.3, 0.4) is 0 Å². The largest absolute Gasteiger partial charge is 0.390 e. The van der Waals surface area contributed by atoms with Crippen LogP contribution in [0, 0.1) is 0 Å². The predicted molar refractivity (Wildman–Crippen MR) is 79.3 cm³/mol. The lowest BCUT2D eigenvalue weighted by Gasteiger charge is -2.10. The highest BCUT2D eigenvalue weighted by molar-refractivity contribution is 7.99. The van der Waals surface area contributed by atoms with Crippen LogP contribution in [0.2, 0.25) is 0 Å². The number of aliphatic hydroxyl groups is 1. The summed E-state index contributed by atoms with van der Waals surface area (Å²) in [6, 6.07) is 10.3. The summed E-state index contributed by atoms with van der Waals surface area (Å²) in [5.41, 5.74) is 1.98. The molecule has 0 spiro atoms. The van der Waals surface area contributed by atoms with E-state index in [0.717, 1.165) is 23.8 Å². The van der Waals surface area contributed by atoms with Crippen LogP contribution >= 0.6 is 11.8 Å². The molecule has 0 unspecified atom stereocenters. The Morgan fingerprint density at radius 1 is 1.32 bits per heavy atom. The molecule has 1 N–H and O–H groups in total. The number of aliphatic hydroxyl groups excluding tert-OH is 1. The zero-order chi connectivity index (χ0) is 13.7. The molecule has 0 aliphatic rings. The quantitative estimate of drug-likeness (QED) is 0.823. The number of benzene rings is 1. The maximum Gasteiger partial charge on any atom is 0.168 e. The van der Waals surface area contributed by atoms with E-state index in [1.165, 1.54) is 5.56 Å². The molecule has 0 aliphatic carbocycles. The van der Waals surface area contributed by atoms with Crippen molar-refractivity contribution in [3.05, 3.63) is 47.8 Å². The molecule has 2 rings (SSSR count). The van der Waals surface area contributed by atoms with E-state index in [1.54, 1.807) is 11.8 Å². The average Bonchev–Trinajstić information content (AvgIpc) is 2.82. The summed E-state index contributed by atoms with van der Waals surface area (Å²) in [6.45, 7) is 5.17. The van der Waals surface area contributed by atoms with Gasteiger partial charge in [-0.15, -0.1) is 0 Å². The fourth-order valence-electron chi connectivity index (χ4n) is 1.78. The van der Waals surface area contributed by atoms with Gasteiger partial charge in [-0.2, -0.15) is 0 Å². The summed E-state index contributed by atoms with van der Waals surface area (Å²) in [7, 11) is 0. The van der Waals surface area contributed by atoms with Crippen LogP contribution in [-0.2, 0) is 13.2 Å². The van der Waals surface area contributed by atoms with Crippen molar-refractivity contribution < 1.29 is 5.11 Å². The summed E-state index contributed by atoms with van der Waals surface area (Å²) < 4.78 is 2.12. The lowest BCUT2D eigenvalue weighted by atomic mass is 10.2. The van der Waals surface area contributed by atoms with Crippen LogP contribution in [0.4, 0.5) is 0 Å². The van der Waals surface area contributed by atoms with Gasteiger partial charge in [-0.25, -0.2) is 4.98 Å². The first kappa shape index (κ1) is 14.2. The molecular formula is C15H20N2OS. The van der Waals surface area contributed by atoms with Crippen LogP contribution in [-0.4, -0.2) is 19.9 Å². The van der Waals surface area contributed by atoms with Crippen molar-refractivity contribution in [1.82, 2.24) is 9.55 Å². The number of imidazole rings is 1. The first-order chi connectivity index (χ1) is 9.22. The molecule has 0 saturated heterocycles. The number of hydrogen-bond donors (Lipinski definition) is 1. The molecule has 1 aromatic carbocycles. The van der Waals surface area contributed by atoms with Crippen molar-refractivity contribution in [2.75, 3.05) is 0 Å². The Hall–Kier alpha value is -1.26. The minimum absolute atomic E-state index is 0.00411. The Labute approximate surface area is 118 Å². The standard InChI is InChI=1S/C15H20N2OS/c1-3-12(2)19-15-16-14(11-18)10-17(15)9-13-7-5-4-6-8-13/h4-8,10,12,18H,3,9,11H2,1-2H3/t12-/m0/s1. The van der Waals surface area contributed by atoms with E-state index in [-0.39, 0.29) is 6.61 Å². The summed E-state index contributed by atoms with van der Waals surface area (Å²) >= 11 is 1.77. The molecule has 4 heteroatoms. The van der Waals surface area contributed by atoms with E-state index in [9.17, 15) is 5.11 Å². The second kappa shape index (κ2) is 6.78. The number of thioether (sulfide) groups is 1. The van der Waals surface area contributed by atoms with E-state index in [2.05, 4.69) is 35.5 Å². The van der Waals surface area contributed by atoms with Gasteiger partial charge in [0.25, 0.3) is 0 Å². The third kappa shape index (κ3) is 3.85. The summed E-state index contributed by atoms with van der Waals surface area (Å²) in [5.74, 6) is 0. The number of aromatic nitrogens is 2. The van der Waals surface area contributed by atoms with Gasteiger partial charge in [-0.1, -0.05) is 55.9 Å². The molecule has 0 bridgehead atoms. The fourth-order valence-corrected chi connectivity index (χ4v) is 2.73. The van der Waals surface area contributed by atoms with Crippen LogP contribution in [0.1, 0.15) is 31.5 Å². The molecule has 1 atom stereocenters. The number of hydrogen-bond acceptors (Lipinski definition) is 3.